The first-order chi connectivity index (χ1) is 10.1. The van der Waals surface area contributed by atoms with Crippen LogP contribution in [-0.2, 0) is 16.4 Å². The molecule has 1 heterocycles. The molecule has 0 N–H and O–H groups in total. The van der Waals surface area contributed by atoms with Crippen LogP contribution in [0.15, 0.2) is 30.3 Å². The zero-order valence-electron chi connectivity index (χ0n) is 12.9. The molecule has 1 saturated heterocycles. The van der Waals surface area contributed by atoms with Crippen LogP contribution < -0.4 is 0 Å². The van der Waals surface area contributed by atoms with Gasteiger partial charge in [0.15, 0.2) is 0 Å². The molecule has 5 heteroatoms. The Labute approximate surface area is 128 Å². The Morgan fingerprint density at radius 1 is 1.00 bits per heavy atom. The van der Waals surface area contributed by atoms with E-state index in [2.05, 4.69) is 29.2 Å². The van der Waals surface area contributed by atoms with E-state index in [1.165, 1.54) is 18.4 Å². The third kappa shape index (κ3) is 5.09. The maximum atomic E-state index is 11.8. The van der Waals surface area contributed by atoms with Crippen LogP contribution in [0.2, 0.25) is 0 Å². The van der Waals surface area contributed by atoms with Crippen molar-refractivity contribution in [2.45, 2.75) is 26.2 Å². The Bertz CT molecular complexity index is 508. The molecule has 1 aromatic rings. The molecular weight excluding hydrogens is 284 g/mol. The second-order valence-corrected chi connectivity index (χ2v) is 7.84. The molecule has 21 heavy (non-hydrogen) atoms. The summed E-state index contributed by atoms with van der Waals surface area (Å²) in [7, 11) is -3.00. The standard InChI is InChI=1S/C16H26N2O2S/c1-2-21(19,20)18-14-12-17(13-15-18)11-7-6-10-16-8-4-3-5-9-16/h3-5,8-9H,2,6-7,10-15H2,1H3. The number of nitrogens with zero attached hydrogens (tertiary/aromatic N) is 2. The predicted octanol–water partition coefficient (Wildman–Crippen LogP) is 1.98. The summed E-state index contributed by atoms with van der Waals surface area (Å²) in [5.41, 5.74) is 1.40. The number of hydrogen-bond donors (Lipinski definition) is 0. The van der Waals surface area contributed by atoms with Crippen LogP contribution in [0.4, 0.5) is 0 Å². The van der Waals surface area contributed by atoms with E-state index in [1.54, 1.807) is 11.2 Å². The molecule has 2 rings (SSSR count). The Morgan fingerprint density at radius 2 is 1.67 bits per heavy atom. The van der Waals surface area contributed by atoms with Crippen molar-refractivity contribution >= 4 is 10.0 Å². The van der Waals surface area contributed by atoms with E-state index in [-0.39, 0.29) is 5.75 Å². The van der Waals surface area contributed by atoms with Crippen molar-refractivity contribution in [3.8, 4) is 0 Å². The Kier molecular flexibility index (Phi) is 6.21. The van der Waals surface area contributed by atoms with Gasteiger partial charge >= 0.3 is 0 Å². The van der Waals surface area contributed by atoms with Crippen LogP contribution in [0, 0.1) is 0 Å². The van der Waals surface area contributed by atoms with Gasteiger partial charge in [0.05, 0.1) is 5.75 Å². The zero-order valence-corrected chi connectivity index (χ0v) is 13.7. The highest BCUT2D eigenvalue weighted by Crippen LogP contribution is 2.10. The fourth-order valence-corrected chi connectivity index (χ4v) is 3.81. The van der Waals surface area contributed by atoms with E-state index < -0.39 is 10.0 Å². The van der Waals surface area contributed by atoms with E-state index in [0.717, 1.165) is 26.1 Å². The summed E-state index contributed by atoms with van der Waals surface area (Å²) in [6.07, 6.45) is 3.50. The van der Waals surface area contributed by atoms with Crippen LogP contribution in [0.3, 0.4) is 0 Å². The minimum absolute atomic E-state index is 0.212. The molecule has 1 aliphatic rings. The second kappa shape index (κ2) is 7.92. The van der Waals surface area contributed by atoms with Gasteiger partial charge in [-0.25, -0.2) is 8.42 Å². The molecule has 0 atom stereocenters. The fourth-order valence-electron chi connectivity index (χ4n) is 2.72. The molecule has 0 saturated carbocycles. The van der Waals surface area contributed by atoms with Gasteiger partial charge in [0.25, 0.3) is 0 Å². The Hall–Kier alpha value is -0.910. The van der Waals surface area contributed by atoms with Crippen molar-refractivity contribution in [2.75, 3.05) is 38.5 Å². The van der Waals surface area contributed by atoms with Gasteiger partial charge < -0.3 is 4.90 Å². The molecular formula is C16H26N2O2S. The molecule has 118 valence electrons. The number of unbranched alkanes of at least 4 members (excludes halogenated alkanes) is 1. The number of benzene rings is 1. The number of hydrogen-bond acceptors (Lipinski definition) is 3. The van der Waals surface area contributed by atoms with Crippen molar-refractivity contribution in [1.82, 2.24) is 9.21 Å². The van der Waals surface area contributed by atoms with Gasteiger partial charge in [-0.3, -0.25) is 0 Å². The molecule has 0 aliphatic carbocycles. The fraction of sp³-hybridized carbons (Fsp3) is 0.625. The summed E-state index contributed by atoms with van der Waals surface area (Å²) < 4.78 is 25.2. The Morgan fingerprint density at radius 3 is 2.29 bits per heavy atom. The number of aryl methyl sites for hydroxylation is 1. The summed E-state index contributed by atoms with van der Waals surface area (Å²) in [4.78, 5) is 2.38. The third-order valence-electron chi connectivity index (χ3n) is 4.12. The molecule has 0 spiro atoms. The second-order valence-electron chi connectivity index (χ2n) is 5.58. The molecule has 0 amide bonds. The van der Waals surface area contributed by atoms with Crippen LogP contribution in [0.25, 0.3) is 0 Å². The van der Waals surface area contributed by atoms with Gasteiger partial charge in [-0.05, 0) is 38.3 Å². The van der Waals surface area contributed by atoms with Gasteiger partial charge in [-0.15, -0.1) is 0 Å². The zero-order chi connectivity index (χ0) is 15.1. The van der Waals surface area contributed by atoms with Gasteiger partial charge in [-0.1, -0.05) is 30.3 Å². The third-order valence-corrected chi connectivity index (χ3v) is 6.00. The summed E-state index contributed by atoms with van der Waals surface area (Å²) in [5.74, 6) is 0.212. The lowest BCUT2D eigenvalue weighted by molar-refractivity contribution is 0.186. The quantitative estimate of drug-likeness (QED) is 0.723. The number of sulfonamides is 1. The average Bonchev–Trinajstić information content (AvgIpc) is 2.53. The lowest BCUT2D eigenvalue weighted by Crippen LogP contribution is -2.49. The molecule has 1 aromatic carbocycles. The largest absolute Gasteiger partial charge is 0.301 e. The summed E-state index contributed by atoms with van der Waals surface area (Å²) >= 11 is 0. The van der Waals surface area contributed by atoms with Gasteiger partial charge in [0.1, 0.15) is 0 Å². The van der Waals surface area contributed by atoms with Gasteiger partial charge in [0, 0.05) is 26.2 Å². The van der Waals surface area contributed by atoms with Crippen molar-refractivity contribution in [2.24, 2.45) is 0 Å². The topological polar surface area (TPSA) is 40.6 Å². The molecule has 1 aliphatic heterocycles. The van der Waals surface area contributed by atoms with E-state index >= 15 is 0 Å². The predicted molar refractivity (Wildman–Crippen MR) is 86.9 cm³/mol. The summed E-state index contributed by atoms with van der Waals surface area (Å²) in [6.45, 7) is 5.82. The summed E-state index contributed by atoms with van der Waals surface area (Å²) in [6, 6.07) is 10.6. The first-order valence-corrected chi connectivity index (χ1v) is 9.47. The SMILES string of the molecule is CCS(=O)(=O)N1CCN(CCCCc2ccccc2)CC1. The molecule has 0 unspecified atom stereocenters. The van der Waals surface area contributed by atoms with Crippen molar-refractivity contribution < 1.29 is 8.42 Å². The van der Waals surface area contributed by atoms with E-state index in [4.69, 9.17) is 0 Å². The molecule has 1 fully saturated rings. The lowest BCUT2D eigenvalue weighted by Gasteiger charge is -2.33. The van der Waals surface area contributed by atoms with Gasteiger partial charge in [0.2, 0.25) is 10.0 Å². The summed E-state index contributed by atoms with van der Waals surface area (Å²) in [5, 5.41) is 0. The maximum Gasteiger partial charge on any atom is 0.213 e. The van der Waals surface area contributed by atoms with Crippen LogP contribution >= 0.6 is 0 Å². The first-order valence-electron chi connectivity index (χ1n) is 7.86. The van der Waals surface area contributed by atoms with Crippen molar-refractivity contribution in [3.05, 3.63) is 35.9 Å². The minimum atomic E-state index is -3.00. The van der Waals surface area contributed by atoms with Crippen LogP contribution in [0.5, 0.6) is 0 Å². The lowest BCUT2D eigenvalue weighted by atomic mass is 10.1. The monoisotopic (exact) mass is 310 g/mol. The maximum absolute atomic E-state index is 11.8. The number of piperazine rings is 1. The smallest absolute Gasteiger partial charge is 0.213 e. The highest BCUT2D eigenvalue weighted by molar-refractivity contribution is 7.89. The number of rotatable bonds is 7. The van der Waals surface area contributed by atoms with E-state index in [0.29, 0.717) is 13.1 Å². The average molecular weight is 310 g/mol. The van der Waals surface area contributed by atoms with Crippen molar-refractivity contribution in [3.63, 3.8) is 0 Å². The first kappa shape index (κ1) is 16.5. The highest BCUT2D eigenvalue weighted by Gasteiger charge is 2.24. The molecule has 0 aromatic heterocycles. The van der Waals surface area contributed by atoms with E-state index in [9.17, 15) is 8.42 Å². The van der Waals surface area contributed by atoms with Crippen LogP contribution in [-0.4, -0.2) is 56.1 Å². The normalized spacial score (nSPS) is 18.0. The van der Waals surface area contributed by atoms with Crippen LogP contribution in [0.1, 0.15) is 25.3 Å². The minimum Gasteiger partial charge on any atom is -0.301 e. The Balaban J connectivity index is 1.63. The van der Waals surface area contributed by atoms with E-state index in [1.807, 2.05) is 6.07 Å². The molecule has 0 bridgehead atoms. The van der Waals surface area contributed by atoms with Gasteiger partial charge in [-0.2, -0.15) is 4.31 Å². The van der Waals surface area contributed by atoms with Crippen molar-refractivity contribution in [1.29, 1.82) is 0 Å². The highest BCUT2D eigenvalue weighted by atomic mass is 32.2. The molecule has 4 nitrogen and oxygen atoms in total. The molecule has 0 radical (unpaired) electrons.